The van der Waals surface area contributed by atoms with E-state index in [2.05, 4.69) is 20.8 Å². The van der Waals surface area contributed by atoms with E-state index in [9.17, 15) is 9.90 Å². The van der Waals surface area contributed by atoms with E-state index in [0.29, 0.717) is 16.8 Å². The molecule has 0 fully saturated rings. The van der Waals surface area contributed by atoms with Crippen LogP contribution in [0, 0.1) is 13.8 Å². The molecular weight excluding hydrogens is 352 g/mol. The molecule has 0 saturated heterocycles. The van der Waals surface area contributed by atoms with Gasteiger partial charge in [-0.15, -0.1) is 0 Å². The summed E-state index contributed by atoms with van der Waals surface area (Å²) in [5, 5.41) is 22.3. The smallest absolute Gasteiger partial charge is 0.271 e. The van der Waals surface area contributed by atoms with Gasteiger partial charge in [0.1, 0.15) is 5.75 Å². The van der Waals surface area contributed by atoms with E-state index < -0.39 is 0 Å². The molecule has 0 heterocycles. The van der Waals surface area contributed by atoms with Crippen LogP contribution in [0.15, 0.2) is 82.1 Å². The molecule has 3 aromatic rings. The number of azo groups is 1. The zero-order valence-corrected chi connectivity index (χ0v) is 15.6. The van der Waals surface area contributed by atoms with Gasteiger partial charge in [-0.25, -0.2) is 5.43 Å². The highest BCUT2D eigenvalue weighted by molar-refractivity contribution is 5.95. The SMILES string of the molecule is Cc1ccc(N=Nc2ccc(O)c(/C=N\NC(=O)c3ccccc3)c2)cc1C. The largest absolute Gasteiger partial charge is 0.507 e. The number of carbonyl (C=O) groups excluding carboxylic acids is 1. The molecule has 0 aromatic heterocycles. The second-order valence-corrected chi connectivity index (χ2v) is 6.28. The molecule has 28 heavy (non-hydrogen) atoms. The Morgan fingerprint density at radius 3 is 2.29 bits per heavy atom. The van der Waals surface area contributed by atoms with Crippen LogP contribution >= 0.6 is 0 Å². The molecule has 0 bridgehead atoms. The first-order valence-electron chi connectivity index (χ1n) is 8.73. The monoisotopic (exact) mass is 372 g/mol. The van der Waals surface area contributed by atoms with Crippen molar-refractivity contribution < 1.29 is 9.90 Å². The Morgan fingerprint density at radius 2 is 1.57 bits per heavy atom. The van der Waals surface area contributed by atoms with Crippen LogP contribution in [-0.4, -0.2) is 17.2 Å². The lowest BCUT2D eigenvalue weighted by atomic mass is 10.1. The quantitative estimate of drug-likeness (QED) is 0.367. The number of aryl methyl sites for hydroxylation is 2. The van der Waals surface area contributed by atoms with Crippen LogP contribution in [0.3, 0.4) is 0 Å². The molecule has 3 rings (SSSR count). The van der Waals surface area contributed by atoms with Crippen LogP contribution in [0.2, 0.25) is 0 Å². The summed E-state index contributed by atoms with van der Waals surface area (Å²) in [6.45, 7) is 4.06. The standard InChI is InChI=1S/C22H20N4O2/c1-15-8-9-19(12-16(15)2)24-25-20-10-11-21(27)18(13-20)14-23-26-22(28)17-6-4-3-5-7-17/h3-14,27H,1-2H3,(H,26,28)/b23-14-,25-24?. The second kappa shape index (κ2) is 8.73. The molecule has 0 spiro atoms. The summed E-state index contributed by atoms with van der Waals surface area (Å²) < 4.78 is 0. The van der Waals surface area contributed by atoms with Crippen molar-refractivity contribution in [2.24, 2.45) is 15.3 Å². The van der Waals surface area contributed by atoms with Crippen LogP contribution in [0.1, 0.15) is 27.0 Å². The number of nitrogens with zero attached hydrogens (tertiary/aromatic N) is 3. The Bertz CT molecular complexity index is 1040. The van der Waals surface area contributed by atoms with E-state index in [1.54, 1.807) is 36.4 Å². The van der Waals surface area contributed by atoms with Crippen molar-refractivity contribution in [2.75, 3.05) is 0 Å². The number of phenols is 1. The number of aromatic hydroxyl groups is 1. The summed E-state index contributed by atoms with van der Waals surface area (Å²) in [4.78, 5) is 12.0. The molecule has 0 aliphatic heterocycles. The zero-order chi connectivity index (χ0) is 19.9. The van der Waals surface area contributed by atoms with Crippen LogP contribution in [-0.2, 0) is 0 Å². The average Bonchev–Trinajstić information content (AvgIpc) is 2.71. The van der Waals surface area contributed by atoms with Crippen molar-refractivity contribution in [2.45, 2.75) is 13.8 Å². The Labute approximate surface area is 163 Å². The molecule has 0 saturated carbocycles. The van der Waals surface area contributed by atoms with Gasteiger partial charge in [0.2, 0.25) is 0 Å². The minimum atomic E-state index is -0.332. The maximum absolute atomic E-state index is 12.0. The first kappa shape index (κ1) is 19.0. The predicted octanol–water partition coefficient (Wildman–Crippen LogP) is 5.19. The van der Waals surface area contributed by atoms with E-state index in [-0.39, 0.29) is 11.7 Å². The van der Waals surface area contributed by atoms with Gasteiger partial charge in [-0.1, -0.05) is 24.3 Å². The third-order valence-electron chi connectivity index (χ3n) is 4.19. The molecule has 6 nitrogen and oxygen atoms in total. The number of hydrogen-bond acceptors (Lipinski definition) is 5. The number of hydrazone groups is 1. The molecule has 0 unspecified atom stereocenters. The van der Waals surface area contributed by atoms with Gasteiger partial charge in [0.15, 0.2) is 0 Å². The predicted molar refractivity (Wildman–Crippen MR) is 110 cm³/mol. The summed E-state index contributed by atoms with van der Waals surface area (Å²) in [6.07, 6.45) is 1.37. The summed E-state index contributed by atoms with van der Waals surface area (Å²) in [5.74, 6) is -0.301. The first-order chi connectivity index (χ1) is 13.5. The van der Waals surface area contributed by atoms with E-state index in [4.69, 9.17) is 0 Å². The van der Waals surface area contributed by atoms with Crippen molar-refractivity contribution in [3.8, 4) is 5.75 Å². The fraction of sp³-hybridized carbons (Fsp3) is 0.0909. The zero-order valence-electron chi connectivity index (χ0n) is 15.6. The van der Waals surface area contributed by atoms with Gasteiger partial charge in [0.05, 0.1) is 17.6 Å². The van der Waals surface area contributed by atoms with E-state index >= 15 is 0 Å². The molecule has 0 aliphatic rings. The topological polar surface area (TPSA) is 86.4 Å². The summed E-state index contributed by atoms with van der Waals surface area (Å²) in [6, 6.07) is 19.4. The number of amides is 1. The van der Waals surface area contributed by atoms with E-state index in [0.717, 1.165) is 11.3 Å². The van der Waals surface area contributed by atoms with Crippen molar-refractivity contribution in [1.82, 2.24) is 5.43 Å². The highest BCUT2D eigenvalue weighted by Gasteiger charge is 2.04. The third-order valence-corrected chi connectivity index (χ3v) is 4.19. The molecule has 1 amide bonds. The summed E-state index contributed by atoms with van der Waals surface area (Å²) >= 11 is 0. The lowest BCUT2D eigenvalue weighted by Gasteiger charge is -2.02. The van der Waals surface area contributed by atoms with Gasteiger partial charge in [-0.2, -0.15) is 15.3 Å². The molecular formula is C22H20N4O2. The lowest BCUT2D eigenvalue weighted by Crippen LogP contribution is -2.17. The number of carbonyl (C=O) groups is 1. The first-order valence-corrected chi connectivity index (χ1v) is 8.73. The van der Waals surface area contributed by atoms with Crippen molar-refractivity contribution in [3.63, 3.8) is 0 Å². The maximum atomic E-state index is 12.0. The highest BCUT2D eigenvalue weighted by Crippen LogP contribution is 2.25. The number of benzene rings is 3. The van der Waals surface area contributed by atoms with Crippen molar-refractivity contribution in [1.29, 1.82) is 0 Å². The van der Waals surface area contributed by atoms with Crippen molar-refractivity contribution >= 4 is 23.5 Å². The summed E-state index contributed by atoms with van der Waals surface area (Å²) in [5.41, 5.74) is 7.00. The van der Waals surface area contributed by atoms with Gasteiger partial charge in [-0.3, -0.25) is 4.79 Å². The maximum Gasteiger partial charge on any atom is 0.271 e. The highest BCUT2D eigenvalue weighted by atomic mass is 16.3. The molecule has 0 radical (unpaired) electrons. The number of phenolic OH excluding ortho intramolecular Hbond substituents is 1. The minimum Gasteiger partial charge on any atom is -0.507 e. The third kappa shape index (κ3) is 4.88. The van der Waals surface area contributed by atoms with E-state index in [1.165, 1.54) is 17.8 Å². The Kier molecular flexibility index (Phi) is 5.91. The van der Waals surface area contributed by atoms with Crippen LogP contribution in [0.4, 0.5) is 11.4 Å². The minimum absolute atomic E-state index is 0.0304. The van der Waals surface area contributed by atoms with Gasteiger partial charge >= 0.3 is 0 Å². The normalized spacial score (nSPS) is 11.2. The molecule has 6 heteroatoms. The fourth-order valence-electron chi connectivity index (χ4n) is 2.43. The average molecular weight is 372 g/mol. The Morgan fingerprint density at radius 1 is 0.893 bits per heavy atom. The van der Waals surface area contributed by atoms with Gasteiger partial charge < -0.3 is 5.11 Å². The number of hydrogen-bond donors (Lipinski definition) is 2. The molecule has 0 atom stereocenters. The second-order valence-electron chi connectivity index (χ2n) is 6.28. The molecule has 140 valence electrons. The Hall–Kier alpha value is -3.80. The molecule has 2 N–H and O–H groups in total. The lowest BCUT2D eigenvalue weighted by molar-refractivity contribution is 0.0955. The van der Waals surface area contributed by atoms with Crippen LogP contribution < -0.4 is 5.43 Å². The van der Waals surface area contributed by atoms with Crippen molar-refractivity contribution in [3.05, 3.63) is 89.0 Å². The van der Waals surface area contributed by atoms with Gasteiger partial charge in [0, 0.05) is 11.1 Å². The summed E-state index contributed by atoms with van der Waals surface area (Å²) in [7, 11) is 0. The molecule has 3 aromatic carbocycles. The molecule has 0 aliphatic carbocycles. The Balaban J connectivity index is 1.71. The number of nitrogens with one attached hydrogen (secondary N) is 1. The number of rotatable bonds is 5. The van der Waals surface area contributed by atoms with Crippen LogP contribution in [0.25, 0.3) is 0 Å². The van der Waals surface area contributed by atoms with Crippen LogP contribution in [0.5, 0.6) is 5.75 Å². The van der Waals surface area contributed by atoms with Gasteiger partial charge in [0.25, 0.3) is 5.91 Å². The fourth-order valence-corrected chi connectivity index (χ4v) is 2.43. The van der Waals surface area contributed by atoms with Gasteiger partial charge in [-0.05, 0) is 67.4 Å². The van der Waals surface area contributed by atoms with E-state index in [1.807, 2.05) is 38.1 Å².